The first-order valence-corrected chi connectivity index (χ1v) is 27.5. The van der Waals surface area contributed by atoms with E-state index in [9.17, 15) is 5.11 Å². The molecule has 0 aliphatic heterocycles. The summed E-state index contributed by atoms with van der Waals surface area (Å²) in [5.74, 6) is 0.766. The Bertz CT molecular complexity index is 992. The molecule has 0 atom stereocenters. The Morgan fingerprint density at radius 2 is 0.328 bits per heavy atom. The van der Waals surface area contributed by atoms with E-state index in [1.165, 1.54) is 294 Å². The van der Waals surface area contributed by atoms with Crippen LogP contribution in [0.2, 0.25) is 0 Å². The maximum atomic E-state index is 12.5. The van der Waals surface area contributed by atoms with Crippen molar-refractivity contribution in [1.29, 1.82) is 0 Å². The van der Waals surface area contributed by atoms with E-state index in [1.54, 1.807) is 16.7 Å². The molecule has 1 heteroatoms. The van der Waals surface area contributed by atoms with Crippen LogP contribution in [-0.4, -0.2) is 5.11 Å². The quantitative estimate of drug-likeness (QED) is 0.0651. The Morgan fingerprint density at radius 3 is 0.517 bits per heavy atom. The summed E-state index contributed by atoms with van der Waals surface area (Å²) in [5, 5.41) is 12.5. The molecule has 0 bridgehead atoms. The van der Waals surface area contributed by atoms with Crippen molar-refractivity contribution in [2.45, 2.75) is 330 Å². The molecule has 0 aromatic heterocycles. The van der Waals surface area contributed by atoms with Crippen molar-refractivity contribution in [3.63, 3.8) is 0 Å². The van der Waals surface area contributed by atoms with Crippen LogP contribution in [0.4, 0.5) is 0 Å². The molecule has 0 saturated carbocycles. The Labute approximate surface area is 367 Å². The van der Waals surface area contributed by atoms with Crippen LogP contribution < -0.4 is 0 Å². The van der Waals surface area contributed by atoms with E-state index >= 15 is 0 Å². The van der Waals surface area contributed by atoms with E-state index in [0.29, 0.717) is 0 Å². The zero-order chi connectivity index (χ0) is 42.0. The van der Waals surface area contributed by atoms with Crippen LogP contribution in [-0.2, 0) is 32.1 Å². The highest BCUT2D eigenvalue weighted by Gasteiger charge is 2.23. The lowest BCUT2D eigenvalue weighted by Crippen LogP contribution is -2.11. The Balaban J connectivity index is 3.29. The predicted molar refractivity (Wildman–Crippen MR) is 264 cm³/mol. The van der Waals surface area contributed by atoms with Crippen LogP contribution in [0.15, 0.2) is 0 Å². The molecule has 0 spiro atoms. The second kappa shape index (κ2) is 42.7. The molecule has 342 valence electrons. The van der Waals surface area contributed by atoms with Crippen molar-refractivity contribution in [2.24, 2.45) is 0 Å². The number of phenols is 1. The minimum absolute atomic E-state index is 0.766. The van der Waals surface area contributed by atoms with Crippen LogP contribution >= 0.6 is 0 Å². The smallest absolute Gasteiger partial charge is 0.122 e. The number of unbranched alkanes of at least 4 members (excludes halogenated alkanes) is 36. The molecule has 1 nitrogen and oxygen atoms in total. The first-order valence-electron chi connectivity index (χ1n) is 27.5. The standard InChI is InChI=1S/C57H108O/c1-6-11-16-21-26-29-30-31-33-36-39-42-47-52-53(48-43-37-24-19-14-9-4)55(50-45-38-25-20-15-10-5)57(58)56(51-46-41-34-28-23-18-13-8-3)54(52)49-44-40-35-32-27-22-17-12-7-2/h58H,6-51H2,1-5H3. The highest BCUT2D eigenvalue weighted by atomic mass is 16.3. The first-order chi connectivity index (χ1) is 28.7. The topological polar surface area (TPSA) is 20.2 Å². The van der Waals surface area contributed by atoms with Gasteiger partial charge in [0.25, 0.3) is 0 Å². The summed E-state index contributed by atoms with van der Waals surface area (Å²) in [6.07, 6.45) is 62.3. The lowest BCUT2D eigenvalue weighted by atomic mass is 9.80. The lowest BCUT2D eigenvalue weighted by molar-refractivity contribution is 0.452. The molecular weight excluding hydrogens is 701 g/mol. The van der Waals surface area contributed by atoms with Gasteiger partial charge in [-0.1, -0.05) is 266 Å². The largest absolute Gasteiger partial charge is 0.507 e. The molecule has 0 radical (unpaired) electrons. The number of aromatic hydroxyl groups is 1. The molecule has 0 heterocycles. The third-order valence-corrected chi connectivity index (χ3v) is 13.7. The summed E-state index contributed by atoms with van der Waals surface area (Å²) < 4.78 is 0. The van der Waals surface area contributed by atoms with Crippen molar-refractivity contribution in [2.75, 3.05) is 0 Å². The van der Waals surface area contributed by atoms with Gasteiger partial charge in [0, 0.05) is 0 Å². The van der Waals surface area contributed by atoms with Crippen molar-refractivity contribution in [3.05, 3.63) is 27.8 Å². The highest BCUT2D eigenvalue weighted by Crippen LogP contribution is 2.39. The third kappa shape index (κ3) is 29.3. The molecule has 1 aromatic rings. The zero-order valence-corrected chi connectivity index (χ0v) is 41.0. The summed E-state index contributed by atoms with van der Waals surface area (Å²) in [5.41, 5.74) is 7.83. The van der Waals surface area contributed by atoms with Crippen molar-refractivity contribution >= 4 is 0 Å². The summed E-state index contributed by atoms with van der Waals surface area (Å²) in [4.78, 5) is 0. The second-order valence-corrected chi connectivity index (χ2v) is 19.2. The summed E-state index contributed by atoms with van der Waals surface area (Å²) in [6, 6.07) is 0. The Morgan fingerprint density at radius 1 is 0.190 bits per heavy atom. The first kappa shape index (κ1) is 55.0. The molecule has 0 amide bonds. The second-order valence-electron chi connectivity index (χ2n) is 19.2. The van der Waals surface area contributed by atoms with Crippen LogP contribution in [0.5, 0.6) is 5.75 Å². The van der Waals surface area contributed by atoms with E-state index in [2.05, 4.69) is 34.6 Å². The van der Waals surface area contributed by atoms with Gasteiger partial charge in [-0.05, 0) is 92.0 Å². The van der Waals surface area contributed by atoms with Gasteiger partial charge in [-0.3, -0.25) is 0 Å². The molecule has 1 N–H and O–H groups in total. The minimum atomic E-state index is 0.766. The SMILES string of the molecule is CCCCCCCCCCCCCCc1c(CCCCCCCC)c(CCCCCCCC)c(O)c(CCCCCCCCCC)c1CCCCCCCCCCC. The van der Waals surface area contributed by atoms with E-state index in [4.69, 9.17) is 0 Å². The molecule has 0 aliphatic rings. The van der Waals surface area contributed by atoms with Crippen molar-refractivity contribution < 1.29 is 5.11 Å². The highest BCUT2D eigenvalue weighted by molar-refractivity contribution is 5.56. The van der Waals surface area contributed by atoms with E-state index < -0.39 is 0 Å². The van der Waals surface area contributed by atoms with Crippen LogP contribution in [0, 0.1) is 0 Å². The molecular formula is C57H108O. The van der Waals surface area contributed by atoms with Crippen LogP contribution in [0.3, 0.4) is 0 Å². The molecule has 0 unspecified atom stereocenters. The van der Waals surface area contributed by atoms with Gasteiger partial charge in [-0.25, -0.2) is 0 Å². The number of benzene rings is 1. The number of rotatable bonds is 46. The average Bonchev–Trinajstić information content (AvgIpc) is 3.23. The molecule has 1 rings (SSSR count). The molecule has 1 aromatic carbocycles. The number of hydrogen-bond donors (Lipinski definition) is 1. The van der Waals surface area contributed by atoms with Gasteiger partial charge in [0.05, 0.1) is 0 Å². The van der Waals surface area contributed by atoms with Crippen LogP contribution in [0.1, 0.15) is 326 Å². The van der Waals surface area contributed by atoms with Crippen molar-refractivity contribution in [3.8, 4) is 5.75 Å². The number of hydrogen-bond acceptors (Lipinski definition) is 1. The minimum Gasteiger partial charge on any atom is -0.507 e. The van der Waals surface area contributed by atoms with Gasteiger partial charge in [0.15, 0.2) is 0 Å². The van der Waals surface area contributed by atoms with Gasteiger partial charge in [-0.2, -0.15) is 0 Å². The maximum absolute atomic E-state index is 12.5. The van der Waals surface area contributed by atoms with Crippen molar-refractivity contribution in [1.82, 2.24) is 0 Å². The fourth-order valence-corrected chi connectivity index (χ4v) is 9.81. The predicted octanol–water partition coefficient (Wildman–Crippen LogP) is 20.2. The number of phenolic OH excluding ortho intramolecular Hbond substituents is 1. The fraction of sp³-hybridized carbons (Fsp3) is 0.895. The average molecular weight is 809 g/mol. The normalized spacial score (nSPS) is 11.7. The lowest BCUT2D eigenvalue weighted by Gasteiger charge is -2.25. The monoisotopic (exact) mass is 809 g/mol. The van der Waals surface area contributed by atoms with Gasteiger partial charge in [-0.15, -0.1) is 0 Å². The third-order valence-electron chi connectivity index (χ3n) is 13.7. The Hall–Kier alpha value is -0.980. The maximum Gasteiger partial charge on any atom is 0.122 e. The van der Waals surface area contributed by atoms with Gasteiger partial charge in [0.1, 0.15) is 5.75 Å². The van der Waals surface area contributed by atoms with Gasteiger partial charge in [0.2, 0.25) is 0 Å². The molecule has 0 saturated heterocycles. The van der Waals surface area contributed by atoms with Crippen LogP contribution in [0.25, 0.3) is 0 Å². The zero-order valence-electron chi connectivity index (χ0n) is 41.0. The van der Waals surface area contributed by atoms with Gasteiger partial charge < -0.3 is 5.11 Å². The molecule has 0 fully saturated rings. The van der Waals surface area contributed by atoms with Gasteiger partial charge >= 0.3 is 0 Å². The summed E-state index contributed by atoms with van der Waals surface area (Å²) in [6.45, 7) is 11.6. The summed E-state index contributed by atoms with van der Waals surface area (Å²) >= 11 is 0. The van der Waals surface area contributed by atoms with E-state index in [0.717, 1.165) is 18.6 Å². The fourth-order valence-electron chi connectivity index (χ4n) is 9.81. The Kier molecular flexibility index (Phi) is 40.5. The molecule has 0 aliphatic carbocycles. The molecule has 58 heavy (non-hydrogen) atoms. The summed E-state index contributed by atoms with van der Waals surface area (Å²) in [7, 11) is 0. The van der Waals surface area contributed by atoms with E-state index in [1.807, 2.05) is 0 Å². The van der Waals surface area contributed by atoms with E-state index in [-0.39, 0.29) is 0 Å².